The van der Waals surface area contributed by atoms with Crippen molar-refractivity contribution >= 4 is 5.96 Å². The van der Waals surface area contributed by atoms with Gasteiger partial charge >= 0.3 is 6.18 Å². The molecule has 0 saturated carbocycles. The lowest BCUT2D eigenvalue weighted by atomic mass is 10.1. The number of aryl methyl sites for hydroxylation is 2. The minimum absolute atomic E-state index is 0.125. The Bertz CT molecular complexity index is 1040. The fourth-order valence-corrected chi connectivity index (χ4v) is 3.21. The summed E-state index contributed by atoms with van der Waals surface area (Å²) in [4.78, 5) is 4.51. The molecule has 0 amide bonds. The molecule has 0 unspecified atom stereocenters. The van der Waals surface area contributed by atoms with Crippen molar-refractivity contribution in [1.29, 1.82) is 0 Å². The van der Waals surface area contributed by atoms with Crippen molar-refractivity contribution in [3.63, 3.8) is 0 Å². The Kier molecular flexibility index (Phi) is 7.86. The fourth-order valence-electron chi connectivity index (χ4n) is 3.21. The van der Waals surface area contributed by atoms with E-state index in [4.69, 9.17) is 0 Å². The molecule has 0 radical (unpaired) electrons. The van der Waals surface area contributed by atoms with Gasteiger partial charge in [0.25, 0.3) is 0 Å². The van der Waals surface area contributed by atoms with Gasteiger partial charge in [0.15, 0.2) is 5.96 Å². The first-order valence-electron chi connectivity index (χ1n) is 10.5. The number of aromatic nitrogens is 3. The molecule has 2 aromatic carbocycles. The van der Waals surface area contributed by atoms with Gasteiger partial charge in [0.2, 0.25) is 0 Å². The van der Waals surface area contributed by atoms with Crippen molar-refractivity contribution in [3.8, 4) is 0 Å². The van der Waals surface area contributed by atoms with E-state index in [0.717, 1.165) is 35.5 Å². The van der Waals surface area contributed by atoms with Gasteiger partial charge in [-0.2, -0.15) is 13.2 Å². The maximum Gasteiger partial charge on any atom is 0.416 e. The fraction of sp³-hybridized carbons (Fsp3) is 0.348. The number of benzene rings is 2. The molecule has 0 spiro atoms. The summed E-state index contributed by atoms with van der Waals surface area (Å²) in [5, 5.41) is 14.5. The first kappa shape index (κ1) is 23.3. The largest absolute Gasteiger partial charge is 0.416 e. The van der Waals surface area contributed by atoms with E-state index in [1.54, 1.807) is 12.4 Å². The zero-order valence-electron chi connectivity index (χ0n) is 18.2. The molecule has 170 valence electrons. The predicted molar refractivity (Wildman–Crippen MR) is 118 cm³/mol. The number of alkyl halides is 3. The van der Waals surface area contributed by atoms with Gasteiger partial charge in [-0.3, -0.25) is 0 Å². The van der Waals surface area contributed by atoms with Crippen LogP contribution in [-0.4, -0.2) is 27.3 Å². The Morgan fingerprint density at radius 2 is 1.91 bits per heavy atom. The molecule has 2 N–H and O–H groups in total. The van der Waals surface area contributed by atoms with Crippen LogP contribution in [-0.2, 0) is 32.2 Å². The van der Waals surface area contributed by atoms with E-state index in [2.05, 4.69) is 25.8 Å². The Hall–Kier alpha value is -3.36. The second-order valence-corrected chi connectivity index (χ2v) is 7.36. The van der Waals surface area contributed by atoms with Crippen LogP contribution in [0.5, 0.6) is 0 Å². The van der Waals surface area contributed by atoms with Crippen molar-refractivity contribution in [1.82, 2.24) is 25.4 Å². The summed E-state index contributed by atoms with van der Waals surface area (Å²) in [6.07, 6.45) is -1.91. The van der Waals surface area contributed by atoms with Crippen LogP contribution in [0.3, 0.4) is 0 Å². The van der Waals surface area contributed by atoms with Crippen LogP contribution in [0.1, 0.15) is 35.0 Å². The third-order valence-electron chi connectivity index (χ3n) is 5.04. The minimum Gasteiger partial charge on any atom is -0.355 e. The third kappa shape index (κ3) is 6.57. The summed E-state index contributed by atoms with van der Waals surface area (Å²) >= 11 is 0. The smallest absolute Gasteiger partial charge is 0.355 e. The van der Waals surface area contributed by atoms with Crippen LogP contribution in [0, 0.1) is 6.92 Å². The lowest BCUT2D eigenvalue weighted by molar-refractivity contribution is -0.137. The van der Waals surface area contributed by atoms with Gasteiger partial charge in [-0.15, -0.1) is 10.2 Å². The lowest BCUT2D eigenvalue weighted by Gasteiger charge is -2.15. The number of nitrogens with one attached hydrogen (secondary N) is 2. The normalized spacial score (nSPS) is 12.1. The molecule has 6 nitrogen and oxygen atoms in total. The summed E-state index contributed by atoms with van der Waals surface area (Å²) in [6.45, 7) is 5.92. The molecule has 0 atom stereocenters. The number of halogens is 3. The summed E-state index contributed by atoms with van der Waals surface area (Å²) in [5.41, 5.74) is 2.08. The van der Waals surface area contributed by atoms with Crippen LogP contribution in [0.2, 0.25) is 0 Å². The molecule has 0 aliphatic carbocycles. The molecule has 0 aliphatic heterocycles. The Balaban J connectivity index is 1.69. The molecule has 0 aliphatic rings. The van der Waals surface area contributed by atoms with Crippen molar-refractivity contribution in [2.24, 2.45) is 4.99 Å². The van der Waals surface area contributed by atoms with Crippen LogP contribution >= 0.6 is 0 Å². The maximum atomic E-state index is 13.0. The van der Waals surface area contributed by atoms with Gasteiger partial charge in [-0.1, -0.05) is 43.3 Å². The van der Waals surface area contributed by atoms with Gasteiger partial charge in [0.05, 0.1) is 12.1 Å². The summed E-state index contributed by atoms with van der Waals surface area (Å²) in [6, 6.07) is 13.2. The van der Waals surface area contributed by atoms with E-state index in [1.807, 2.05) is 42.7 Å². The number of guanidine groups is 1. The van der Waals surface area contributed by atoms with E-state index < -0.39 is 11.7 Å². The van der Waals surface area contributed by atoms with Crippen LogP contribution in [0.15, 0.2) is 59.9 Å². The highest BCUT2D eigenvalue weighted by Crippen LogP contribution is 2.29. The molecule has 0 bridgehead atoms. The van der Waals surface area contributed by atoms with E-state index in [1.165, 1.54) is 6.07 Å². The van der Waals surface area contributed by atoms with E-state index in [0.29, 0.717) is 31.2 Å². The number of hydrogen-bond donors (Lipinski definition) is 2. The van der Waals surface area contributed by atoms with Gasteiger partial charge in [-0.05, 0) is 35.7 Å². The molecule has 0 fully saturated rings. The third-order valence-corrected chi connectivity index (χ3v) is 5.04. The van der Waals surface area contributed by atoms with Crippen molar-refractivity contribution < 1.29 is 13.2 Å². The van der Waals surface area contributed by atoms with E-state index >= 15 is 0 Å². The quantitative estimate of drug-likeness (QED) is 0.406. The van der Waals surface area contributed by atoms with Crippen molar-refractivity contribution in [2.75, 3.05) is 6.54 Å². The molecule has 0 saturated heterocycles. The number of aliphatic imine (C=N–C) groups is 1. The SMILES string of the molecule is CCc1nncn1CCNC(=NCc1cccc(C(F)(F)F)c1)NCc1ccccc1C. The molecule has 1 heterocycles. The predicted octanol–water partition coefficient (Wildman–Crippen LogP) is 4.10. The summed E-state index contributed by atoms with van der Waals surface area (Å²) < 4.78 is 41.0. The molecule has 9 heteroatoms. The number of nitrogens with zero attached hydrogens (tertiary/aromatic N) is 4. The molecule has 1 aromatic heterocycles. The maximum absolute atomic E-state index is 13.0. The molecule has 3 aromatic rings. The molecular weight excluding hydrogens is 417 g/mol. The van der Waals surface area contributed by atoms with Crippen LogP contribution < -0.4 is 10.6 Å². The molecular formula is C23H27F3N6. The Labute approximate surface area is 185 Å². The van der Waals surface area contributed by atoms with Crippen molar-refractivity contribution in [2.45, 2.75) is 46.1 Å². The summed E-state index contributed by atoms with van der Waals surface area (Å²) in [5.74, 6) is 1.42. The zero-order chi connectivity index (χ0) is 23.0. The lowest BCUT2D eigenvalue weighted by Crippen LogP contribution is -2.38. The first-order chi connectivity index (χ1) is 15.4. The zero-order valence-corrected chi connectivity index (χ0v) is 18.2. The Morgan fingerprint density at radius 3 is 2.66 bits per heavy atom. The highest BCUT2D eigenvalue weighted by molar-refractivity contribution is 5.79. The average molecular weight is 445 g/mol. The molecule has 32 heavy (non-hydrogen) atoms. The van der Waals surface area contributed by atoms with Gasteiger partial charge < -0.3 is 15.2 Å². The number of hydrogen-bond acceptors (Lipinski definition) is 3. The highest BCUT2D eigenvalue weighted by Gasteiger charge is 2.30. The second-order valence-electron chi connectivity index (χ2n) is 7.36. The van der Waals surface area contributed by atoms with Gasteiger partial charge in [-0.25, -0.2) is 4.99 Å². The standard InChI is InChI=1S/C23H27F3N6/c1-3-21-31-30-16-32(21)12-11-27-22(29-15-19-9-5-4-7-17(19)2)28-14-18-8-6-10-20(13-18)23(24,25)26/h4-10,13,16H,3,11-12,14-15H2,1-2H3,(H2,27,28,29). The van der Waals surface area contributed by atoms with Crippen LogP contribution in [0.25, 0.3) is 0 Å². The number of rotatable bonds is 8. The van der Waals surface area contributed by atoms with E-state index in [9.17, 15) is 13.2 Å². The monoisotopic (exact) mass is 444 g/mol. The van der Waals surface area contributed by atoms with Crippen molar-refractivity contribution in [3.05, 3.63) is 82.9 Å². The van der Waals surface area contributed by atoms with E-state index in [-0.39, 0.29) is 6.54 Å². The summed E-state index contributed by atoms with van der Waals surface area (Å²) in [7, 11) is 0. The highest BCUT2D eigenvalue weighted by atomic mass is 19.4. The first-order valence-corrected chi connectivity index (χ1v) is 10.5. The van der Waals surface area contributed by atoms with Gasteiger partial charge in [0.1, 0.15) is 12.2 Å². The van der Waals surface area contributed by atoms with Gasteiger partial charge in [0, 0.05) is 26.1 Å². The average Bonchev–Trinajstić information content (AvgIpc) is 3.23. The Morgan fingerprint density at radius 1 is 1.09 bits per heavy atom. The molecule has 3 rings (SSSR count). The second kappa shape index (κ2) is 10.8. The minimum atomic E-state index is -4.38. The van der Waals surface area contributed by atoms with Crippen LogP contribution in [0.4, 0.5) is 13.2 Å². The topological polar surface area (TPSA) is 67.1 Å².